The molecule has 0 spiro atoms. The topological polar surface area (TPSA) is 19.7 Å². The molecule has 1 aromatic heterocycles. The molecule has 0 fully saturated rings. The van der Waals surface area contributed by atoms with Crippen molar-refractivity contribution in [2.75, 3.05) is 0 Å². The number of aromatic nitrogens is 2. The van der Waals surface area contributed by atoms with Gasteiger partial charge in [0, 0.05) is 5.92 Å². The van der Waals surface area contributed by atoms with E-state index in [1.807, 2.05) is 0 Å². The minimum Gasteiger partial charge on any atom is -0.250 e. The second-order valence-electron chi connectivity index (χ2n) is 13.1. The second kappa shape index (κ2) is 26.1. The van der Waals surface area contributed by atoms with E-state index < -0.39 is 0 Å². The molecular formula is C39H69N2+. The normalized spacial score (nSPS) is 13.0. The van der Waals surface area contributed by atoms with Crippen LogP contribution in [-0.4, -0.2) is 4.98 Å². The smallest absolute Gasteiger partial charge is 0.241 e. The largest absolute Gasteiger partial charge is 0.250 e. The minimum atomic E-state index is 0.604. The first-order valence-electron chi connectivity index (χ1n) is 18.4. The number of hydrogen-bond acceptors (Lipinski definition) is 0. The van der Waals surface area contributed by atoms with Gasteiger partial charge in [0.1, 0.15) is 18.4 Å². The summed E-state index contributed by atoms with van der Waals surface area (Å²) in [6, 6.07) is 11.9. The average molecular weight is 566 g/mol. The van der Waals surface area contributed by atoms with Crippen LogP contribution in [0.15, 0.2) is 49.1 Å². The third-order valence-corrected chi connectivity index (χ3v) is 9.37. The highest BCUT2D eigenvalue weighted by Crippen LogP contribution is 2.29. The minimum absolute atomic E-state index is 0.604. The van der Waals surface area contributed by atoms with Gasteiger partial charge in [0.15, 0.2) is 0 Å². The van der Waals surface area contributed by atoms with Crippen LogP contribution in [0.1, 0.15) is 186 Å². The maximum atomic E-state index is 3.35. The number of aromatic amines is 1. The Morgan fingerprint density at radius 2 is 0.976 bits per heavy atom. The summed E-state index contributed by atoms with van der Waals surface area (Å²) in [5.74, 6) is 0.713. The fraction of sp³-hybridized carbons (Fsp3) is 0.769. The fourth-order valence-corrected chi connectivity index (χ4v) is 6.75. The molecule has 2 unspecified atom stereocenters. The monoisotopic (exact) mass is 566 g/mol. The summed E-state index contributed by atoms with van der Waals surface area (Å²) < 4.78 is 2.50. The Morgan fingerprint density at radius 1 is 0.537 bits per heavy atom. The summed E-state index contributed by atoms with van der Waals surface area (Å²) in [5, 5.41) is 0. The van der Waals surface area contributed by atoms with Crippen molar-refractivity contribution in [1.82, 2.24) is 4.98 Å². The molecule has 0 amide bonds. The summed E-state index contributed by atoms with van der Waals surface area (Å²) >= 11 is 0. The Bertz CT molecular complexity index is 768. The standard InChI is InChI=1S/C39H68N2/c1-3-5-7-9-11-13-15-16-17-19-21-23-28-32-39(41-34-33-40-36-41)38(35-37-29-25-24-26-30-37)31-27-22-20-18-14-12-10-8-6-4-2/h24-26,29-30,33-34,36,38-39H,3-23,27-28,31-32,35H2,1-2H3/p+1. The summed E-state index contributed by atoms with van der Waals surface area (Å²) in [7, 11) is 0. The maximum Gasteiger partial charge on any atom is 0.241 e. The summed E-state index contributed by atoms with van der Waals surface area (Å²) in [6.45, 7) is 4.62. The van der Waals surface area contributed by atoms with E-state index in [4.69, 9.17) is 0 Å². The van der Waals surface area contributed by atoms with Gasteiger partial charge in [-0.25, -0.2) is 4.57 Å². The number of H-pyrrole nitrogens is 1. The molecular weight excluding hydrogens is 496 g/mol. The molecule has 2 atom stereocenters. The predicted octanol–water partition coefficient (Wildman–Crippen LogP) is 12.5. The first-order valence-corrected chi connectivity index (χ1v) is 18.4. The second-order valence-corrected chi connectivity index (χ2v) is 13.1. The Kier molecular flexibility index (Phi) is 22.7. The molecule has 0 aliphatic rings. The zero-order chi connectivity index (χ0) is 29.1. The number of hydrogen-bond donors (Lipinski definition) is 1. The highest BCUT2D eigenvalue weighted by molar-refractivity contribution is 5.15. The van der Waals surface area contributed by atoms with Gasteiger partial charge < -0.3 is 0 Å². The van der Waals surface area contributed by atoms with Crippen LogP contribution in [0, 0.1) is 5.92 Å². The van der Waals surface area contributed by atoms with Crippen LogP contribution < -0.4 is 4.57 Å². The molecule has 2 heteroatoms. The Labute approximate surface area is 256 Å². The van der Waals surface area contributed by atoms with Crippen LogP contribution in [0.25, 0.3) is 0 Å². The van der Waals surface area contributed by atoms with Gasteiger partial charge in [-0.2, -0.15) is 0 Å². The zero-order valence-corrected chi connectivity index (χ0v) is 27.6. The van der Waals surface area contributed by atoms with Crippen molar-refractivity contribution >= 4 is 0 Å². The van der Waals surface area contributed by atoms with Crippen LogP contribution in [0.5, 0.6) is 0 Å². The fourth-order valence-electron chi connectivity index (χ4n) is 6.75. The molecule has 2 rings (SSSR count). The zero-order valence-electron chi connectivity index (χ0n) is 27.6. The molecule has 234 valence electrons. The van der Waals surface area contributed by atoms with Gasteiger partial charge in [0.25, 0.3) is 0 Å². The third kappa shape index (κ3) is 18.6. The molecule has 1 N–H and O–H groups in total. The molecule has 2 nitrogen and oxygen atoms in total. The van der Waals surface area contributed by atoms with E-state index in [9.17, 15) is 0 Å². The molecule has 0 aliphatic heterocycles. The molecule has 0 saturated heterocycles. The lowest BCUT2D eigenvalue weighted by atomic mass is 9.84. The summed E-state index contributed by atoms with van der Waals surface area (Å²) in [6.07, 6.45) is 43.3. The molecule has 1 aromatic carbocycles. The molecule has 2 aromatic rings. The van der Waals surface area contributed by atoms with Gasteiger partial charge in [-0.1, -0.05) is 185 Å². The first-order chi connectivity index (χ1) is 20.3. The van der Waals surface area contributed by atoms with Crippen LogP contribution in [0.2, 0.25) is 0 Å². The van der Waals surface area contributed by atoms with Crippen LogP contribution in [0.4, 0.5) is 0 Å². The molecule has 0 bridgehead atoms. The van der Waals surface area contributed by atoms with E-state index in [0.717, 1.165) is 0 Å². The first kappa shape index (κ1) is 35.6. The summed E-state index contributed by atoms with van der Waals surface area (Å²) in [4.78, 5) is 3.35. The quantitative estimate of drug-likeness (QED) is 0.0747. The van der Waals surface area contributed by atoms with Crippen molar-refractivity contribution in [1.29, 1.82) is 0 Å². The number of nitrogens with one attached hydrogen (secondary N) is 1. The van der Waals surface area contributed by atoms with Crippen LogP contribution in [0.3, 0.4) is 0 Å². The number of benzene rings is 1. The van der Waals surface area contributed by atoms with E-state index in [-0.39, 0.29) is 0 Å². The molecule has 1 heterocycles. The van der Waals surface area contributed by atoms with Crippen molar-refractivity contribution in [3.05, 3.63) is 54.6 Å². The van der Waals surface area contributed by atoms with Gasteiger partial charge in [0.2, 0.25) is 6.33 Å². The van der Waals surface area contributed by atoms with Crippen LogP contribution >= 0.6 is 0 Å². The third-order valence-electron chi connectivity index (χ3n) is 9.37. The molecule has 0 radical (unpaired) electrons. The van der Waals surface area contributed by atoms with Crippen molar-refractivity contribution in [2.45, 2.75) is 187 Å². The number of rotatable bonds is 29. The summed E-state index contributed by atoms with van der Waals surface area (Å²) in [5.41, 5.74) is 1.51. The van der Waals surface area contributed by atoms with Crippen molar-refractivity contribution in [2.24, 2.45) is 5.92 Å². The highest BCUT2D eigenvalue weighted by atomic mass is 15.1. The Hall–Kier alpha value is -1.57. The van der Waals surface area contributed by atoms with Crippen molar-refractivity contribution in [3.8, 4) is 0 Å². The van der Waals surface area contributed by atoms with Crippen LogP contribution in [-0.2, 0) is 6.42 Å². The van der Waals surface area contributed by atoms with E-state index >= 15 is 0 Å². The van der Waals surface area contributed by atoms with E-state index in [0.29, 0.717) is 12.0 Å². The van der Waals surface area contributed by atoms with Crippen molar-refractivity contribution < 1.29 is 4.57 Å². The van der Waals surface area contributed by atoms with Crippen molar-refractivity contribution in [3.63, 3.8) is 0 Å². The highest BCUT2D eigenvalue weighted by Gasteiger charge is 2.26. The number of imidazole rings is 1. The number of unbranched alkanes of at least 4 members (excludes halogenated alkanes) is 21. The maximum absolute atomic E-state index is 3.35. The molecule has 0 saturated carbocycles. The lowest BCUT2D eigenvalue weighted by Gasteiger charge is -2.25. The lowest BCUT2D eigenvalue weighted by molar-refractivity contribution is -0.730. The van der Waals surface area contributed by atoms with Gasteiger partial charge in [0.05, 0.1) is 0 Å². The van der Waals surface area contributed by atoms with E-state index in [1.165, 1.54) is 173 Å². The molecule has 41 heavy (non-hydrogen) atoms. The lowest BCUT2D eigenvalue weighted by Crippen LogP contribution is -2.42. The van der Waals surface area contributed by atoms with Gasteiger partial charge in [-0.05, 0) is 31.2 Å². The predicted molar refractivity (Wildman–Crippen MR) is 180 cm³/mol. The SMILES string of the molecule is CCCCCCCCCCCCCCCC(C(CCCCCCCCCCCC)Cc1ccccc1)[n+]1cc[nH]c1. The van der Waals surface area contributed by atoms with Gasteiger partial charge >= 0.3 is 0 Å². The Morgan fingerprint density at radius 3 is 1.41 bits per heavy atom. The van der Waals surface area contributed by atoms with Gasteiger partial charge in [-0.15, -0.1) is 0 Å². The number of nitrogens with zero attached hydrogens (tertiary/aromatic N) is 1. The molecule has 0 aliphatic carbocycles. The van der Waals surface area contributed by atoms with Gasteiger partial charge in [-0.3, -0.25) is 4.98 Å². The van der Waals surface area contributed by atoms with E-state index in [2.05, 4.69) is 72.5 Å². The average Bonchev–Trinajstić information content (AvgIpc) is 3.53. The van der Waals surface area contributed by atoms with E-state index in [1.54, 1.807) is 0 Å². The Balaban J connectivity index is 1.72.